The minimum atomic E-state index is 0.0643. The molecular weight excluding hydrogens is 238 g/mol. The number of hydrogen-bond acceptors (Lipinski definition) is 3. The van der Waals surface area contributed by atoms with Gasteiger partial charge in [-0.3, -0.25) is 0 Å². The number of methoxy groups -OCH3 is 1. The number of para-hydroxylation sites is 1. The van der Waals surface area contributed by atoms with Crippen molar-refractivity contribution in [3.05, 3.63) is 29.8 Å². The lowest BCUT2D eigenvalue weighted by Gasteiger charge is -2.41. The van der Waals surface area contributed by atoms with Crippen LogP contribution in [0.15, 0.2) is 24.3 Å². The van der Waals surface area contributed by atoms with E-state index in [0.717, 1.165) is 25.1 Å². The summed E-state index contributed by atoms with van der Waals surface area (Å²) in [5.41, 5.74) is 1.28. The molecule has 0 amide bonds. The maximum atomic E-state index is 5.69. The van der Waals surface area contributed by atoms with E-state index in [1.807, 2.05) is 26.2 Å². The van der Waals surface area contributed by atoms with Gasteiger partial charge in [-0.15, -0.1) is 0 Å². The van der Waals surface area contributed by atoms with Crippen molar-refractivity contribution >= 4 is 0 Å². The second-order valence-corrected chi connectivity index (χ2v) is 5.31. The molecule has 0 saturated heterocycles. The molecule has 1 unspecified atom stereocenters. The fourth-order valence-corrected chi connectivity index (χ4v) is 2.60. The highest BCUT2D eigenvalue weighted by atomic mass is 16.5. The Balaban J connectivity index is 1.97. The zero-order chi connectivity index (χ0) is 13.7. The maximum Gasteiger partial charge on any atom is 0.124 e. The van der Waals surface area contributed by atoms with Crippen LogP contribution < -0.4 is 10.1 Å². The van der Waals surface area contributed by atoms with Gasteiger partial charge in [0.2, 0.25) is 0 Å². The minimum absolute atomic E-state index is 0.0643. The van der Waals surface area contributed by atoms with Gasteiger partial charge in [0.15, 0.2) is 0 Å². The van der Waals surface area contributed by atoms with Crippen LogP contribution in [0.25, 0.3) is 0 Å². The van der Waals surface area contributed by atoms with E-state index >= 15 is 0 Å². The van der Waals surface area contributed by atoms with Gasteiger partial charge < -0.3 is 14.8 Å². The highest BCUT2D eigenvalue weighted by Gasteiger charge is 2.36. The lowest BCUT2D eigenvalue weighted by molar-refractivity contribution is -0.0706. The van der Waals surface area contributed by atoms with Gasteiger partial charge in [-0.25, -0.2) is 0 Å². The van der Waals surface area contributed by atoms with Gasteiger partial charge in [0.05, 0.1) is 12.2 Å². The molecule has 0 aliphatic heterocycles. The molecule has 3 nitrogen and oxygen atoms in total. The average molecular weight is 263 g/mol. The van der Waals surface area contributed by atoms with E-state index in [2.05, 4.69) is 24.4 Å². The Morgan fingerprint density at radius 2 is 2.05 bits per heavy atom. The Labute approximate surface area is 116 Å². The minimum Gasteiger partial charge on any atom is -0.494 e. The summed E-state index contributed by atoms with van der Waals surface area (Å²) in [6, 6.07) is 8.51. The van der Waals surface area contributed by atoms with E-state index in [9.17, 15) is 0 Å². The van der Waals surface area contributed by atoms with Gasteiger partial charge in [0, 0.05) is 25.3 Å². The summed E-state index contributed by atoms with van der Waals surface area (Å²) in [7, 11) is 1.82. The normalized spacial score (nSPS) is 18.7. The van der Waals surface area contributed by atoms with Crippen LogP contribution in [-0.2, 0) is 4.74 Å². The maximum absolute atomic E-state index is 5.69. The van der Waals surface area contributed by atoms with Gasteiger partial charge >= 0.3 is 0 Å². The fraction of sp³-hybridized carbons (Fsp3) is 0.625. The fourth-order valence-electron chi connectivity index (χ4n) is 2.60. The molecule has 1 saturated carbocycles. The van der Waals surface area contributed by atoms with Crippen molar-refractivity contribution in [2.24, 2.45) is 0 Å². The lowest BCUT2D eigenvalue weighted by atomic mass is 9.80. The van der Waals surface area contributed by atoms with E-state index in [1.54, 1.807) is 0 Å². The Hall–Kier alpha value is -1.06. The standard InChI is InChI=1S/C16H25NO2/c1-4-19-15-9-6-5-8-14(15)13(2)17-12-16(18-3)10-7-11-16/h5-6,8-9,13,17H,4,7,10-12H2,1-3H3. The monoisotopic (exact) mass is 263 g/mol. The molecule has 1 aliphatic carbocycles. The topological polar surface area (TPSA) is 30.5 Å². The Morgan fingerprint density at radius 3 is 2.63 bits per heavy atom. The number of benzene rings is 1. The van der Waals surface area contributed by atoms with Crippen LogP contribution in [0.1, 0.15) is 44.7 Å². The van der Waals surface area contributed by atoms with E-state index in [-0.39, 0.29) is 11.6 Å². The third-order valence-electron chi connectivity index (χ3n) is 4.11. The molecule has 0 spiro atoms. The quantitative estimate of drug-likeness (QED) is 0.818. The summed E-state index contributed by atoms with van der Waals surface area (Å²) >= 11 is 0. The summed E-state index contributed by atoms with van der Waals surface area (Å²) in [5.74, 6) is 0.977. The Kier molecular flexibility index (Phi) is 4.83. The number of ether oxygens (including phenoxy) is 2. The number of rotatable bonds is 7. The summed E-state index contributed by atoms with van der Waals surface area (Å²) in [4.78, 5) is 0. The second-order valence-electron chi connectivity index (χ2n) is 5.31. The molecule has 1 aromatic rings. The third kappa shape index (κ3) is 3.28. The van der Waals surface area contributed by atoms with Crippen molar-refractivity contribution in [2.75, 3.05) is 20.3 Å². The molecule has 1 aromatic carbocycles. The van der Waals surface area contributed by atoms with Crippen LogP contribution in [0.3, 0.4) is 0 Å². The molecule has 1 aliphatic rings. The first-order valence-electron chi connectivity index (χ1n) is 7.21. The van der Waals surface area contributed by atoms with E-state index in [4.69, 9.17) is 9.47 Å². The molecular formula is C16H25NO2. The molecule has 19 heavy (non-hydrogen) atoms. The highest BCUT2D eigenvalue weighted by molar-refractivity contribution is 5.35. The van der Waals surface area contributed by atoms with Crippen LogP contribution in [0.4, 0.5) is 0 Å². The summed E-state index contributed by atoms with van der Waals surface area (Å²) in [6.07, 6.45) is 3.60. The molecule has 0 bridgehead atoms. The van der Waals surface area contributed by atoms with Gasteiger partial charge in [0.25, 0.3) is 0 Å². The number of hydrogen-bond donors (Lipinski definition) is 1. The van der Waals surface area contributed by atoms with Crippen molar-refractivity contribution in [1.82, 2.24) is 5.32 Å². The molecule has 0 heterocycles. The molecule has 2 rings (SSSR count). The predicted octanol–water partition coefficient (Wildman–Crippen LogP) is 3.31. The molecule has 1 fully saturated rings. The van der Waals surface area contributed by atoms with Gasteiger partial charge in [-0.1, -0.05) is 18.2 Å². The van der Waals surface area contributed by atoms with Crippen molar-refractivity contribution < 1.29 is 9.47 Å². The zero-order valence-corrected chi connectivity index (χ0v) is 12.2. The SMILES string of the molecule is CCOc1ccccc1C(C)NCC1(OC)CCC1. The van der Waals surface area contributed by atoms with Crippen LogP contribution in [0.5, 0.6) is 5.75 Å². The van der Waals surface area contributed by atoms with Crippen LogP contribution in [-0.4, -0.2) is 25.9 Å². The van der Waals surface area contributed by atoms with Gasteiger partial charge in [-0.2, -0.15) is 0 Å². The van der Waals surface area contributed by atoms with Crippen molar-refractivity contribution in [3.63, 3.8) is 0 Å². The van der Waals surface area contributed by atoms with Crippen LogP contribution >= 0.6 is 0 Å². The molecule has 0 aromatic heterocycles. The van der Waals surface area contributed by atoms with E-state index in [0.29, 0.717) is 6.61 Å². The predicted molar refractivity (Wildman–Crippen MR) is 77.6 cm³/mol. The molecule has 0 radical (unpaired) electrons. The Bertz CT molecular complexity index is 396. The highest BCUT2D eigenvalue weighted by Crippen LogP contribution is 2.35. The number of nitrogens with one attached hydrogen (secondary N) is 1. The van der Waals surface area contributed by atoms with Crippen molar-refractivity contribution in [2.45, 2.75) is 44.8 Å². The largest absolute Gasteiger partial charge is 0.494 e. The van der Waals surface area contributed by atoms with Crippen molar-refractivity contribution in [1.29, 1.82) is 0 Å². The molecule has 3 heteroatoms. The first-order chi connectivity index (χ1) is 9.21. The molecule has 106 valence electrons. The first kappa shape index (κ1) is 14.4. The van der Waals surface area contributed by atoms with E-state index in [1.165, 1.54) is 12.0 Å². The summed E-state index contributed by atoms with van der Waals surface area (Å²) in [5, 5.41) is 3.59. The zero-order valence-electron chi connectivity index (χ0n) is 12.2. The van der Waals surface area contributed by atoms with Gasteiger partial charge in [0.1, 0.15) is 5.75 Å². The average Bonchev–Trinajstić information content (AvgIpc) is 2.39. The van der Waals surface area contributed by atoms with Crippen molar-refractivity contribution in [3.8, 4) is 5.75 Å². The molecule has 1 atom stereocenters. The summed E-state index contributed by atoms with van der Waals surface area (Å²) in [6.45, 7) is 5.81. The van der Waals surface area contributed by atoms with Crippen LogP contribution in [0, 0.1) is 0 Å². The first-order valence-corrected chi connectivity index (χ1v) is 7.21. The third-order valence-corrected chi connectivity index (χ3v) is 4.11. The Morgan fingerprint density at radius 1 is 1.32 bits per heavy atom. The molecule has 1 N–H and O–H groups in total. The second kappa shape index (κ2) is 6.40. The van der Waals surface area contributed by atoms with E-state index < -0.39 is 0 Å². The summed E-state index contributed by atoms with van der Waals surface area (Å²) < 4.78 is 11.3. The van der Waals surface area contributed by atoms with Gasteiger partial charge in [-0.05, 0) is 39.2 Å². The van der Waals surface area contributed by atoms with Crippen LogP contribution in [0.2, 0.25) is 0 Å². The smallest absolute Gasteiger partial charge is 0.124 e. The lowest BCUT2D eigenvalue weighted by Crippen LogP contribution is -2.48.